The first-order chi connectivity index (χ1) is 5.61. The highest BCUT2D eigenvalue weighted by Gasteiger charge is 2.13. The Balaban J connectivity index is 4.36. The van der Waals surface area contributed by atoms with E-state index in [-0.39, 0.29) is 0 Å². The molecule has 0 aromatic rings. The van der Waals surface area contributed by atoms with Crippen LogP contribution in [0.1, 0.15) is 0 Å². The summed E-state index contributed by atoms with van der Waals surface area (Å²) in [6.45, 7) is 0. The van der Waals surface area contributed by atoms with Crippen LogP contribution in [0, 0.1) is 11.3 Å². The quantitative estimate of drug-likeness (QED) is 0.421. The average Bonchev–Trinajstić information content (AvgIpc) is 1.98. The third-order valence-corrected chi connectivity index (χ3v) is 0.724. The number of carbonyl (C=O) groups is 2. The molecule has 12 heavy (non-hydrogen) atoms. The Bertz CT molecular complexity index is 264. The molecule has 64 valence electrons. The third kappa shape index (κ3) is 3.17. The molecule has 0 saturated heterocycles. The van der Waals surface area contributed by atoms with Crippen molar-refractivity contribution in [2.75, 3.05) is 7.11 Å². The SMILES string of the molecule is CON=C(C#N)C(=O)NC(=O)O. The van der Waals surface area contributed by atoms with Gasteiger partial charge < -0.3 is 9.94 Å². The van der Waals surface area contributed by atoms with Crippen LogP contribution in [-0.2, 0) is 9.63 Å². The number of nitriles is 1. The number of oxime groups is 1. The van der Waals surface area contributed by atoms with Crippen LogP contribution in [0.25, 0.3) is 0 Å². The molecule has 0 aliphatic heterocycles. The van der Waals surface area contributed by atoms with Gasteiger partial charge in [-0.3, -0.25) is 10.1 Å². The van der Waals surface area contributed by atoms with Gasteiger partial charge in [0.1, 0.15) is 13.2 Å². The predicted molar refractivity (Wildman–Crippen MR) is 36.2 cm³/mol. The Morgan fingerprint density at radius 1 is 1.67 bits per heavy atom. The standard InChI is InChI=1S/C5H5N3O4/c1-12-8-3(2-6)4(9)7-5(10)11/h1H3,(H,7,9)(H,10,11). The summed E-state index contributed by atoms with van der Waals surface area (Å²) in [6, 6.07) is 1.36. The summed E-state index contributed by atoms with van der Waals surface area (Å²) >= 11 is 0. The molecule has 0 rings (SSSR count). The molecule has 7 heteroatoms. The normalized spacial score (nSPS) is 9.83. The number of nitrogens with zero attached hydrogens (tertiary/aromatic N) is 2. The maximum atomic E-state index is 10.6. The minimum absolute atomic E-state index is 0.653. The van der Waals surface area contributed by atoms with Gasteiger partial charge >= 0.3 is 6.09 Å². The Morgan fingerprint density at radius 2 is 2.25 bits per heavy atom. The molecule has 0 bridgehead atoms. The fraction of sp³-hybridized carbons (Fsp3) is 0.200. The highest BCUT2D eigenvalue weighted by Crippen LogP contribution is 1.79. The second-order valence-corrected chi connectivity index (χ2v) is 1.49. The van der Waals surface area contributed by atoms with Crippen LogP contribution in [-0.4, -0.2) is 29.9 Å². The molecular formula is C5H5N3O4. The predicted octanol–water partition coefficient (Wildman–Crippen LogP) is -0.693. The monoisotopic (exact) mass is 171 g/mol. The molecule has 0 unspecified atom stereocenters. The summed E-state index contributed by atoms with van der Waals surface area (Å²) in [5, 5.41) is 20.7. The lowest BCUT2D eigenvalue weighted by atomic mass is 10.4. The molecule has 7 nitrogen and oxygen atoms in total. The first kappa shape index (κ1) is 9.90. The van der Waals surface area contributed by atoms with Gasteiger partial charge in [-0.05, 0) is 0 Å². The molecule has 2 amide bonds. The molecule has 0 aromatic heterocycles. The van der Waals surface area contributed by atoms with Crippen LogP contribution in [0.5, 0.6) is 0 Å². The van der Waals surface area contributed by atoms with Crippen molar-refractivity contribution in [2.24, 2.45) is 5.16 Å². The van der Waals surface area contributed by atoms with E-state index in [1.54, 1.807) is 0 Å². The van der Waals surface area contributed by atoms with Gasteiger partial charge in [-0.1, -0.05) is 5.16 Å². The lowest BCUT2D eigenvalue weighted by Gasteiger charge is -1.94. The van der Waals surface area contributed by atoms with Crippen molar-refractivity contribution in [1.82, 2.24) is 5.32 Å². The van der Waals surface area contributed by atoms with Crippen LogP contribution in [0.15, 0.2) is 5.16 Å². The maximum absolute atomic E-state index is 10.6. The third-order valence-electron chi connectivity index (χ3n) is 0.724. The number of amides is 2. The number of rotatable bonds is 2. The molecule has 2 N–H and O–H groups in total. The summed E-state index contributed by atoms with van der Waals surface area (Å²) in [5.74, 6) is -1.12. The molecule has 0 aliphatic rings. The lowest BCUT2D eigenvalue weighted by Crippen LogP contribution is -2.34. The lowest BCUT2D eigenvalue weighted by molar-refractivity contribution is -0.114. The molecule has 0 saturated carbocycles. The van der Waals surface area contributed by atoms with E-state index in [1.807, 2.05) is 0 Å². The number of nitrogens with one attached hydrogen (secondary N) is 1. The van der Waals surface area contributed by atoms with Gasteiger partial charge in [0.15, 0.2) is 0 Å². The summed E-state index contributed by atoms with van der Waals surface area (Å²) in [7, 11) is 1.13. The highest BCUT2D eigenvalue weighted by atomic mass is 16.6. The zero-order valence-corrected chi connectivity index (χ0v) is 6.07. The van der Waals surface area contributed by atoms with Gasteiger partial charge in [0.25, 0.3) is 5.91 Å². The van der Waals surface area contributed by atoms with Crippen molar-refractivity contribution in [3.8, 4) is 6.07 Å². The van der Waals surface area contributed by atoms with Crippen molar-refractivity contribution in [1.29, 1.82) is 5.26 Å². The number of carbonyl (C=O) groups excluding carboxylic acids is 1. The molecule has 0 aliphatic carbocycles. The van der Waals surface area contributed by atoms with Crippen LogP contribution in [0.2, 0.25) is 0 Å². The van der Waals surface area contributed by atoms with Gasteiger partial charge in [-0.15, -0.1) is 0 Å². The molecule has 0 heterocycles. The fourth-order valence-electron chi connectivity index (χ4n) is 0.360. The van der Waals surface area contributed by atoms with Gasteiger partial charge in [-0.2, -0.15) is 5.26 Å². The molecule has 0 spiro atoms. The van der Waals surface area contributed by atoms with E-state index < -0.39 is 17.7 Å². The number of carboxylic acid groups (broad SMARTS) is 1. The topological polar surface area (TPSA) is 112 Å². The van der Waals surface area contributed by atoms with E-state index in [0.29, 0.717) is 0 Å². The van der Waals surface area contributed by atoms with E-state index in [4.69, 9.17) is 10.4 Å². The van der Waals surface area contributed by atoms with Crippen molar-refractivity contribution in [3.63, 3.8) is 0 Å². The van der Waals surface area contributed by atoms with Crippen molar-refractivity contribution in [3.05, 3.63) is 0 Å². The fourth-order valence-corrected chi connectivity index (χ4v) is 0.360. The molecular weight excluding hydrogens is 166 g/mol. The summed E-state index contributed by atoms with van der Waals surface area (Å²) < 4.78 is 0. The Hall–Kier alpha value is -2.10. The number of hydrogen-bond donors (Lipinski definition) is 2. The first-order valence-corrected chi connectivity index (χ1v) is 2.67. The van der Waals surface area contributed by atoms with Crippen molar-refractivity contribution < 1.29 is 19.5 Å². The Labute approximate surface area is 67.2 Å². The highest BCUT2D eigenvalue weighted by molar-refractivity contribution is 6.46. The molecule has 0 aromatic carbocycles. The Morgan fingerprint density at radius 3 is 2.58 bits per heavy atom. The average molecular weight is 171 g/mol. The number of hydrogen-bond acceptors (Lipinski definition) is 5. The minimum Gasteiger partial charge on any atom is -0.465 e. The van der Waals surface area contributed by atoms with E-state index in [1.165, 1.54) is 11.4 Å². The Kier molecular flexibility index (Phi) is 3.86. The van der Waals surface area contributed by atoms with Crippen LogP contribution in [0.4, 0.5) is 4.79 Å². The van der Waals surface area contributed by atoms with Crippen molar-refractivity contribution >= 4 is 17.7 Å². The van der Waals surface area contributed by atoms with Gasteiger partial charge in [0, 0.05) is 0 Å². The van der Waals surface area contributed by atoms with E-state index in [0.717, 1.165) is 7.11 Å². The van der Waals surface area contributed by atoms with Crippen LogP contribution in [0.3, 0.4) is 0 Å². The summed E-state index contributed by atoms with van der Waals surface area (Å²) in [5.41, 5.74) is -0.653. The van der Waals surface area contributed by atoms with Crippen molar-refractivity contribution in [2.45, 2.75) is 0 Å². The maximum Gasteiger partial charge on any atom is 0.411 e. The van der Waals surface area contributed by atoms with E-state index >= 15 is 0 Å². The molecule has 0 radical (unpaired) electrons. The van der Waals surface area contributed by atoms with Gasteiger partial charge in [0.05, 0.1) is 0 Å². The molecule has 0 fully saturated rings. The molecule has 0 atom stereocenters. The summed E-state index contributed by atoms with van der Waals surface area (Å²) in [4.78, 5) is 24.7. The first-order valence-electron chi connectivity index (χ1n) is 2.67. The van der Waals surface area contributed by atoms with Crippen LogP contribution >= 0.6 is 0 Å². The second-order valence-electron chi connectivity index (χ2n) is 1.49. The minimum atomic E-state index is -1.56. The largest absolute Gasteiger partial charge is 0.465 e. The number of imide groups is 1. The van der Waals surface area contributed by atoms with E-state index in [9.17, 15) is 9.59 Å². The summed E-state index contributed by atoms with van der Waals surface area (Å²) in [6.07, 6.45) is -1.56. The zero-order chi connectivity index (χ0) is 9.56. The van der Waals surface area contributed by atoms with Gasteiger partial charge in [0.2, 0.25) is 5.71 Å². The second kappa shape index (κ2) is 4.68. The van der Waals surface area contributed by atoms with E-state index in [2.05, 4.69) is 9.99 Å². The van der Waals surface area contributed by atoms with Gasteiger partial charge in [-0.25, -0.2) is 4.79 Å². The smallest absolute Gasteiger partial charge is 0.411 e. The van der Waals surface area contributed by atoms with Crippen LogP contribution < -0.4 is 5.32 Å². The zero-order valence-electron chi connectivity index (χ0n) is 6.07.